The summed E-state index contributed by atoms with van der Waals surface area (Å²) < 4.78 is 0. The molecule has 0 aromatic carbocycles. The van der Waals surface area contributed by atoms with E-state index >= 15 is 0 Å². The fourth-order valence-electron chi connectivity index (χ4n) is 3.20. The normalized spacial score (nSPS) is 30.9. The summed E-state index contributed by atoms with van der Waals surface area (Å²) in [7, 11) is 0. The molecule has 1 saturated carbocycles. The fraction of sp³-hybridized carbons (Fsp3) is 0.938. The van der Waals surface area contributed by atoms with Gasteiger partial charge in [0.1, 0.15) is 0 Å². The number of carbonyl (C=O) groups excluding carboxylic acids is 1. The molecule has 1 N–H and O–H groups in total. The van der Waals surface area contributed by atoms with Gasteiger partial charge in [-0.1, -0.05) is 27.7 Å². The number of amides is 1. The highest BCUT2D eigenvalue weighted by Gasteiger charge is 2.47. The molecule has 0 spiro atoms. The molecule has 1 heterocycles. The van der Waals surface area contributed by atoms with Gasteiger partial charge in [-0.3, -0.25) is 15.0 Å². The molecule has 2 atom stereocenters. The lowest BCUT2D eigenvalue weighted by molar-refractivity contribution is -0.133. The standard InChI is InChI=1S/C16H31N3O/c1-6-16(5)15(20)19(14(17-16)12(3)4)11-10-18(7-2)13-8-9-13/h12-14,17H,6-11H2,1-5H3. The number of hydrogen-bond donors (Lipinski definition) is 1. The summed E-state index contributed by atoms with van der Waals surface area (Å²) in [5.74, 6) is 0.730. The number of rotatable bonds is 7. The van der Waals surface area contributed by atoms with Crippen molar-refractivity contribution in [3.63, 3.8) is 0 Å². The molecule has 4 heteroatoms. The van der Waals surface area contributed by atoms with Gasteiger partial charge < -0.3 is 4.90 Å². The van der Waals surface area contributed by atoms with Crippen LogP contribution < -0.4 is 5.32 Å². The molecule has 2 fully saturated rings. The molecular formula is C16H31N3O. The van der Waals surface area contributed by atoms with Gasteiger partial charge >= 0.3 is 0 Å². The van der Waals surface area contributed by atoms with Gasteiger partial charge in [0, 0.05) is 19.1 Å². The molecule has 1 saturated heterocycles. The van der Waals surface area contributed by atoms with Crippen LogP contribution in [0.15, 0.2) is 0 Å². The second kappa shape index (κ2) is 6.02. The monoisotopic (exact) mass is 281 g/mol. The Kier molecular flexibility index (Phi) is 4.75. The van der Waals surface area contributed by atoms with Gasteiger partial charge in [-0.05, 0) is 38.6 Å². The summed E-state index contributed by atoms with van der Waals surface area (Å²) in [4.78, 5) is 17.3. The van der Waals surface area contributed by atoms with Crippen LogP contribution in [0.3, 0.4) is 0 Å². The molecule has 1 amide bonds. The van der Waals surface area contributed by atoms with Crippen LogP contribution in [-0.2, 0) is 4.79 Å². The van der Waals surface area contributed by atoms with E-state index in [2.05, 4.69) is 42.8 Å². The number of likely N-dealkylation sites (N-methyl/N-ethyl adjacent to an activating group) is 1. The Bertz CT molecular complexity index is 354. The predicted octanol–water partition coefficient (Wildman–Crippen LogP) is 2.05. The van der Waals surface area contributed by atoms with Gasteiger partial charge in [0.2, 0.25) is 5.91 Å². The Labute approximate surface area is 123 Å². The lowest BCUT2D eigenvalue weighted by atomic mass is 9.99. The van der Waals surface area contributed by atoms with E-state index in [1.807, 2.05) is 6.92 Å². The first-order valence-electron chi connectivity index (χ1n) is 8.25. The molecule has 0 aromatic rings. The Balaban J connectivity index is 2.01. The number of hydrogen-bond acceptors (Lipinski definition) is 3. The summed E-state index contributed by atoms with van der Waals surface area (Å²) in [6.45, 7) is 13.7. The topological polar surface area (TPSA) is 35.6 Å². The SMILES string of the molecule is CCN(CCN1C(=O)C(C)(CC)NC1C(C)C)C1CC1. The first-order valence-corrected chi connectivity index (χ1v) is 8.25. The molecular weight excluding hydrogens is 250 g/mol. The van der Waals surface area contributed by atoms with Crippen molar-refractivity contribution in [3.8, 4) is 0 Å². The van der Waals surface area contributed by atoms with Crippen LogP contribution in [-0.4, -0.2) is 53.1 Å². The molecule has 2 aliphatic rings. The van der Waals surface area contributed by atoms with Crippen LogP contribution in [0.1, 0.15) is 53.9 Å². The summed E-state index contributed by atoms with van der Waals surface area (Å²) in [5, 5.41) is 3.56. The molecule has 2 unspecified atom stereocenters. The van der Waals surface area contributed by atoms with E-state index in [4.69, 9.17) is 0 Å². The van der Waals surface area contributed by atoms with E-state index in [1.54, 1.807) is 0 Å². The first-order chi connectivity index (χ1) is 9.42. The Morgan fingerprint density at radius 1 is 1.40 bits per heavy atom. The van der Waals surface area contributed by atoms with Gasteiger partial charge in [0.25, 0.3) is 0 Å². The third-order valence-corrected chi connectivity index (χ3v) is 4.97. The van der Waals surface area contributed by atoms with Crippen molar-refractivity contribution in [2.24, 2.45) is 5.92 Å². The van der Waals surface area contributed by atoms with E-state index in [0.29, 0.717) is 5.92 Å². The van der Waals surface area contributed by atoms with Crippen molar-refractivity contribution >= 4 is 5.91 Å². The van der Waals surface area contributed by atoms with E-state index in [9.17, 15) is 4.79 Å². The molecule has 0 aromatic heterocycles. The Hall–Kier alpha value is -0.610. The highest BCUT2D eigenvalue weighted by atomic mass is 16.2. The molecule has 4 nitrogen and oxygen atoms in total. The van der Waals surface area contributed by atoms with E-state index in [1.165, 1.54) is 12.8 Å². The van der Waals surface area contributed by atoms with Crippen LogP contribution in [0.5, 0.6) is 0 Å². The number of carbonyl (C=O) groups is 1. The van der Waals surface area contributed by atoms with E-state index in [-0.39, 0.29) is 17.6 Å². The van der Waals surface area contributed by atoms with Crippen LogP contribution >= 0.6 is 0 Å². The quantitative estimate of drug-likeness (QED) is 0.776. The van der Waals surface area contributed by atoms with Gasteiger partial charge in [-0.2, -0.15) is 0 Å². The van der Waals surface area contributed by atoms with Crippen LogP contribution in [0.2, 0.25) is 0 Å². The summed E-state index contributed by atoms with van der Waals surface area (Å²) in [6, 6.07) is 0.778. The second-order valence-corrected chi connectivity index (χ2v) is 6.88. The van der Waals surface area contributed by atoms with Crippen molar-refractivity contribution in [2.75, 3.05) is 19.6 Å². The smallest absolute Gasteiger partial charge is 0.243 e. The first kappa shape index (κ1) is 15.8. The largest absolute Gasteiger partial charge is 0.324 e. The van der Waals surface area contributed by atoms with Crippen LogP contribution in [0.4, 0.5) is 0 Å². The summed E-state index contributed by atoms with van der Waals surface area (Å²) in [5.41, 5.74) is -0.369. The maximum absolute atomic E-state index is 12.7. The summed E-state index contributed by atoms with van der Waals surface area (Å²) in [6.07, 6.45) is 3.71. The fourth-order valence-corrected chi connectivity index (χ4v) is 3.20. The van der Waals surface area contributed by atoms with Crippen molar-refractivity contribution in [3.05, 3.63) is 0 Å². The minimum Gasteiger partial charge on any atom is -0.324 e. The average molecular weight is 281 g/mol. The van der Waals surface area contributed by atoms with Crippen molar-refractivity contribution < 1.29 is 4.79 Å². The van der Waals surface area contributed by atoms with Gasteiger partial charge in [-0.25, -0.2) is 0 Å². The summed E-state index contributed by atoms with van der Waals surface area (Å²) >= 11 is 0. The highest BCUT2D eigenvalue weighted by molar-refractivity contribution is 5.88. The maximum atomic E-state index is 12.7. The van der Waals surface area contributed by atoms with Crippen LogP contribution in [0.25, 0.3) is 0 Å². The van der Waals surface area contributed by atoms with Crippen molar-refractivity contribution in [1.29, 1.82) is 0 Å². The molecule has 0 bridgehead atoms. The molecule has 20 heavy (non-hydrogen) atoms. The van der Waals surface area contributed by atoms with Crippen LogP contribution in [0, 0.1) is 5.92 Å². The lowest BCUT2D eigenvalue weighted by Crippen LogP contribution is -2.45. The van der Waals surface area contributed by atoms with Gasteiger partial charge in [0.05, 0.1) is 11.7 Å². The Morgan fingerprint density at radius 2 is 2.05 bits per heavy atom. The van der Waals surface area contributed by atoms with Gasteiger partial charge in [-0.15, -0.1) is 0 Å². The molecule has 1 aliphatic heterocycles. The third kappa shape index (κ3) is 3.01. The molecule has 116 valence electrons. The lowest BCUT2D eigenvalue weighted by Gasteiger charge is -2.30. The zero-order valence-electron chi connectivity index (χ0n) is 13.8. The number of nitrogens with zero attached hydrogens (tertiary/aromatic N) is 2. The Morgan fingerprint density at radius 3 is 2.50 bits per heavy atom. The molecule has 2 rings (SSSR count). The van der Waals surface area contributed by atoms with Crippen molar-refractivity contribution in [1.82, 2.24) is 15.1 Å². The predicted molar refractivity (Wildman–Crippen MR) is 82.4 cm³/mol. The third-order valence-electron chi connectivity index (χ3n) is 4.97. The van der Waals surface area contributed by atoms with Crippen molar-refractivity contribution in [2.45, 2.75) is 71.6 Å². The number of nitrogens with one attached hydrogen (secondary N) is 1. The maximum Gasteiger partial charge on any atom is 0.243 e. The van der Waals surface area contributed by atoms with Gasteiger partial charge in [0.15, 0.2) is 0 Å². The zero-order chi connectivity index (χ0) is 14.9. The minimum atomic E-state index is -0.369. The van der Waals surface area contributed by atoms with E-state index < -0.39 is 0 Å². The zero-order valence-corrected chi connectivity index (χ0v) is 13.8. The molecule has 1 aliphatic carbocycles. The molecule has 0 radical (unpaired) electrons. The second-order valence-electron chi connectivity index (χ2n) is 6.88. The average Bonchev–Trinajstić information content (AvgIpc) is 3.21. The minimum absolute atomic E-state index is 0.186. The highest BCUT2D eigenvalue weighted by Crippen LogP contribution is 2.29. The van der Waals surface area contributed by atoms with E-state index in [0.717, 1.165) is 32.1 Å².